The first-order valence-electron chi connectivity index (χ1n) is 8.58. The predicted octanol–water partition coefficient (Wildman–Crippen LogP) is -1.38. The Morgan fingerprint density at radius 1 is 1.06 bits per heavy atom. The highest BCUT2D eigenvalue weighted by Gasteiger charge is 2.47. The summed E-state index contributed by atoms with van der Waals surface area (Å²) in [7, 11) is -16.8. The molecule has 1 fully saturated rings. The van der Waals surface area contributed by atoms with Crippen LogP contribution in [0.5, 0.6) is 0 Å². The maximum Gasteiger partial charge on any atom is 0.490 e. The Kier molecular flexibility index (Phi) is 8.23. The average molecular weight is 526 g/mol. The molecule has 1 aromatic heterocycles. The Hall–Kier alpha value is -1.03. The number of aliphatic hydroxyl groups excluding tert-OH is 2. The minimum Gasteiger partial charge on any atom is -0.387 e. The Morgan fingerprint density at radius 3 is 2.19 bits per heavy atom. The minimum atomic E-state index is -5.74. The van der Waals surface area contributed by atoms with E-state index in [9.17, 15) is 38.4 Å². The number of rotatable bonds is 9. The molecule has 1 aliphatic heterocycles. The van der Waals surface area contributed by atoms with Crippen LogP contribution in [0.2, 0.25) is 0 Å². The molecule has 2 rings (SSSR count). The number of aromatic nitrogens is 2. The highest BCUT2D eigenvalue weighted by Crippen LogP contribution is 2.66. The minimum absolute atomic E-state index is 0.245. The highest BCUT2D eigenvalue weighted by atomic mass is 31.3. The number of H-pyrrole nitrogens is 1. The van der Waals surface area contributed by atoms with Crippen molar-refractivity contribution < 1.29 is 61.4 Å². The average Bonchev–Trinajstić information content (AvgIpc) is 2.85. The highest BCUT2D eigenvalue weighted by molar-refractivity contribution is 7.66. The van der Waals surface area contributed by atoms with Gasteiger partial charge in [0.05, 0.1) is 12.2 Å². The van der Waals surface area contributed by atoms with E-state index in [-0.39, 0.29) is 11.6 Å². The van der Waals surface area contributed by atoms with Gasteiger partial charge < -0.3 is 34.5 Å². The van der Waals surface area contributed by atoms with Crippen LogP contribution < -0.4 is 11.2 Å². The smallest absolute Gasteiger partial charge is 0.387 e. The van der Waals surface area contributed by atoms with Crippen LogP contribution in [0.4, 0.5) is 0 Å². The number of hydrogen-bond acceptors (Lipinski definition) is 11. The largest absolute Gasteiger partial charge is 0.490 e. The van der Waals surface area contributed by atoms with Crippen LogP contribution in [-0.4, -0.2) is 64.3 Å². The quantitative estimate of drug-likeness (QED) is 0.183. The van der Waals surface area contributed by atoms with Gasteiger partial charge in [0.15, 0.2) is 0 Å². The molecule has 2 unspecified atom stereocenters. The van der Waals surface area contributed by atoms with E-state index < -0.39 is 65.7 Å². The number of nitrogens with zero attached hydrogens (tertiary/aromatic N) is 1. The topological polar surface area (TPSA) is 264 Å². The van der Waals surface area contributed by atoms with Crippen molar-refractivity contribution in [3.8, 4) is 0 Å². The number of ether oxygens (including phenoxy) is 1. The molecule has 17 nitrogen and oxygen atoms in total. The summed E-state index contributed by atoms with van der Waals surface area (Å²) < 4.78 is 51.6. The zero-order valence-electron chi connectivity index (χ0n) is 16.3. The van der Waals surface area contributed by atoms with Gasteiger partial charge in [-0.15, -0.1) is 0 Å². The molecule has 0 saturated carbocycles. The number of phosphoric acid groups is 3. The monoisotopic (exact) mass is 526 g/mol. The SMILES string of the molecule is CC(C)n1cc([C@@H]2O[C@H](COP(=O)(O)OP(=O)(O)OP(=O)(O)O)[C@@H](O)[C@H]2O)c(=O)[nH]c1=O. The van der Waals surface area contributed by atoms with E-state index in [0.29, 0.717) is 0 Å². The second-order valence-corrected chi connectivity index (χ2v) is 11.2. The van der Waals surface area contributed by atoms with Crippen molar-refractivity contribution in [1.82, 2.24) is 9.55 Å². The Bertz CT molecular complexity index is 1090. The van der Waals surface area contributed by atoms with E-state index in [1.165, 1.54) is 0 Å². The molecule has 0 aliphatic carbocycles. The molecule has 0 amide bonds. The van der Waals surface area contributed by atoms with Crippen LogP contribution >= 0.6 is 23.5 Å². The molecular formula is C12H21N2O15P3. The second kappa shape index (κ2) is 9.68. The lowest BCUT2D eigenvalue weighted by atomic mass is 10.0. The number of hydrogen-bond donors (Lipinski definition) is 7. The van der Waals surface area contributed by atoms with E-state index in [1.54, 1.807) is 13.8 Å². The standard InChI is InChI=1S/C12H21N2O15P3/c1-5(2)14-3-6(11(17)13-12(14)18)10-9(16)8(15)7(27-10)4-26-31(22,23)29-32(24,25)28-30(19,20)21/h3,5,7-10,15-16H,4H2,1-2H3,(H,22,23)(H,24,25)(H,13,17,18)(H2,19,20,21)/t7-,8-,9-,10+/m1/s1. The lowest BCUT2D eigenvalue weighted by molar-refractivity contribution is -0.0228. The first-order valence-corrected chi connectivity index (χ1v) is 13.1. The van der Waals surface area contributed by atoms with Gasteiger partial charge in [0.25, 0.3) is 5.56 Å². The number of aliphatic hydroxyl groups is 2. The summed E-state index contributed by atoms with van der Waals surface area (Å²) in [5.41, 5.74) is -1.90. The molecule has 184 valence electrons. The third-order valence-corrected chi connectivity index (χ3v) is 7.84. The first-order chi connectivity index (χ1) is 14.4. The molecule has 2 heterocycles. The van der Waals surface area contributed by atoms with Crippen LogP contribution in [0.25, 0.3) is 0 Å². The summed E-state index contributed by atoms with van der Waals surface area (Å²) in [5.74, 6) is 0. The van der Waals surface area contributed by atoms with Crippen molar-refractivity contribution in [1.29, 1.82) is 0 Å². The van der Waals surface area contributed by atoms with Crippen molar-refractivity contribution in [3.05, 3.63) is 32.6 Å². The molecule has 7 N–H and O–H groups in total. The van der Waals surface area contributed by atoms with Gasteiger partial charge in [0.2, 0.25) is 0 Å². The fraction of sp³-hybridized carbons (Fsp3) is 0.667. The summed E-state index contributed by atoms with van der Waals surface area (Å²) in [6.07, 6.45) is -5.49. The predicted molar refractivity (Wildman–Crippen MR) is 101 cm³/mol. The van der Waals surface area contributed by atoms with Crippen LogP contribution in [-0.2, 0) is 31.6 Å². The number of nitrogens with one attached hydrogen (secondary N) is 1. The molecular weight excluding hydrogens is 505 g/mol. The third kappa shape index (κ3) is 6.98. The van der Waals surface area contributed by atoms with E-state index >= 15 is 0 Å². The first kappa shape index (κ1) is 27.2. The van der Waals surface area contributed by atoms with E-state index in [1.807, 2.05) is 4.98 Å². The fourth-order valence-electron chi connectivity index (χ4n) is 2.70. The summed E-state index contributed by atoms with van der Waals surface area (Å²) in [6.45, 7) is 2.23. The Balaban J connectivity index is 2.15. The normalized spacial score (nSPS) is 27.9. The van der Waals surface area contributed by atoms with E-state index in [4.69, 9.17) is 19.4 Å². The number of aromatic amines is 1. The zero-order valence-corrected chi connectivity index (χ0v) is 19.0. The Morgan fingerprint density at radius 2 is 1.66 bits per heavy atom. The molecule has 0 spiro atoms. The van der Waals surface area contributed by atoms with Gasteiger partial charge in [-0.3, -0.25) is 18.9 Å². The molecule has 1 aromatic rings. The molecule has 20 heteroatoms. The van der Waals surface area contributed by atoms with Crippen LogP contribution in [0.1, 0.15) is 31.6 Å². The van der Waals surface area contributed by atoms with Crippen LogP contribution in [0, 0.1) is 0 Å². The molecule has 1 aliphatic rings. The number of phosphoric ester groups is 1. The molecule has 0 bridgehead atoms. The van der Waals surface area contributed by atoms with Gasteiger partial charge in [-0.2, -0.15) is 8.62 Å². The molecule has 1 saturated heterocycles. The third-order valence-electron chi connectivity index (χ3n) is 4.04. The summed E-state index contributed by atoms with van der Waals surface area (Å²) in [6, 6.07) is -0.386. The Labute approximate surface area is 178 Å². The van der Waals surface area contributed by atoms with Gasteiger partial charge in [-0.05, 0) is 13.8 Å². The molecule has 6 atom stereocenters. The fourth-order valence-corrected chi connectivity index (χ4v) is 5.73. The van der Waals surface area contributed by atoms with E-state index in [0.717, 1.165) is 10.8 Å². The summed E-state index contributed by atoms with van der Waals surface area (Å²) in [5, 5.41) is 20.3. The van der Waals surface area contributed by atoms with Crippen LogP contribution in [0.3, 0.4) is 0 Å². The molecule has 0 aromatic carbocycles. The van der Waals surface area contributed by atoms with Crippen molar-refractivity contribution in [2.24, 2.45) is 0 Å². The van der Waals surface area contributed by atoms with Crippen molar-refractivity contribution in [2.75, 3.05) is 6.61 Å². The van der Waals surface area contributed by atoms with Crippen molar-refractivity contribution in [3.63, 3.8) is 0 Å². The van der Waals surface area contributed by atoms with Gasteiger partial charge >= 0.3 is 29.2 Å². The molecule has 0 radical (unpaired) electrons. The maximum atomic E-state index is 12.1. The molecule has 32 heavy (non-hydrogen) atoms. The van der Waals surface area contributed by atoms with Crippen molar-refractivity contribution >= 4 is 23.5 Å². The maximum absolute atomic E-state index is 12.1. The van der Waals surface area contributed by atoms with Gasteiger partial charge in [0.1, 0.15) is 24.4 Å². The lowest BCUT2D eigenvalue weighted by Gasteiger charge is -2.19. The van der Waals surface area contributed by atoms with Crippen LogP contribution in [0.15, 0.2) is 15.8 Å². The summed E-state index contributed by atoms with van der Waals surface area (Å²) in [4.78, 5) is 61.5. The van der Waals surface area contributed by atoms with Gasteiger partial charge in [0, 0.05) is 12.2 Å². The van der Waals surface area contributed by atoms with E-state index in [2.05, 4.69) is 13.1 Å². The summed E-state index contributed by atoms with van der Waals surface area (Å²) >= 11 is 0. The lowest BCUT2D eigenvalue weighted by Crippen LogP contribution is -2.36. The van der Waals surface area contributed by atoms with Gasteiger partial charge in [-0.25, -0.2) is 18.5 Å². The van der Waals surface area contributed by atoms with Crippen molar-refractivity contribution in [2.45, 2.75) is 44.3 Å². The zero-order chi connectivity index (χ0) is 24.6. The van der Waals surface area contributed by atoms with Gasteiger partial charge in [-0.1, -0.05) is 0 Å². The second-order valence-electron chi connectivity index (χ2n) is 6.81.